The van der Waals surface area contributed by atoms with Gasteiger partial charge in [-0.25, -0.2) is 0 Å². The van der Waals surface area contributed by atoms with Crippen LogP contribution in [0.1, 0.15) is 50.3 Å². The van der Waals surface area contributed by atoms with Crippen molar-refractivity contribution < 1.29 is 14.3 Å². The fourth-order valence-corrected chi connectivity index (χ4v) is 3.78. The summed E-state index contributed by atoms with van der Waals surface area (Å²) in [4.78, 5) is 27.9. The summed E-state index contributed by atoms with van der Waals surface area (Å²) in [6.07, 6.45) is 2.06. The average Bonchev–Trinajstić information content (AvgIpc) is 2.78. The number of rotatable bonds is 11. The van der Waals surface area contributed by atoms with Crippen molar-refractivity contribution in [2.75, 3.05) is 13.2 Å². The molecule has 0 bridgehead atoms. The zero-order valence-corrected chi connectivity index (χ0v) is 21.4. The van der Waals surface area contributed by atoms with Crippen LogP contribution in [-0.4, -0.2) is 41.9 Å². The molecule has 0 saturated carbocycles. The monoisotopic (exact) mass is 502 g/mol. The number of aryl methyl sites for hydroxylation is 2. The van der Waals surface area contributed by atoms with Crippen LogP contribution in [0.5, 0.6) is 5.75 Å². The SMILES string of the molecule is CC[C@H](C)NC(=O)[C@H](CC)N(CCc1ccccc1)C(=O)COc1cc(C)c(Br)c(C)c1. The Hall–Kier alpha value is -2.34. The summed E-state index contributed by atoms with van der Waals surface area (Å²) in [5.41, 5.74) is 3.23. The Balaban J connectivity index is 2.17. The summed E-state index contributed by atoms with van der Waals surface area (Å²) in [5, 5.41) is 3.03. The second kappa shape index (κ2) is 12.6. The highest BCUT2D eigenvalue weighted by Gasteiger charge is 2.29. The topological polar surface area (TPSA) is 58.6 Å². The number of nitrogens with zero attached hydrogens (tertiary/aromatic N) is 1. The van der Waals surface area contributed by atoms with Gasteiger partial charge in [-0.15, -0.1) is 0 Å². The van der Waals surface area contributed by atoms with Gasteiger partial charge >= 0.3 is 0 Å². The summed E-state index contributed by atoms with van der Waals surface area (Å²) in [7, 11) is 0. The molecule has 2 amide bonds. The molecule has 0 aromatic heterocycles. The van der Waals surface area contributed by atoms with Crippen LogP contribution in [-0.2, 0) is 16.0 Å². The Morgan fingerprint density at radius 3 is 2.25 bits per heavy atom. The lowest BCUT2D eigenvalue weighted by atomic mass is 10.1. The van der Waals surface area contributed by atoms with Crippen molar-refractivity contribution in [2.24, 2.45) is 0 Å². The van der Waals surface area contributed by atoms with Gasteiger partial charge in [-0.3, -0.25) is 9.59 Å². The van der Waals surface area contributed by atoms with Gasteiger partial charge in [0.1, 0.15) is 11.8 Å². The Labute approximate surface area is 200 Å². The van der Waals surface area contributed by atoms with Gasteiger partial charge < -0.3 is 15.0 Å². The summed E-state index contributed by atoms with van der Waals surface area (Å²) in [5.74, 6) is 0.348. The number of benzene rings is 2. The standard InChI is InChI=1S/C26H35BrN2O3/c1-6-20(5)28-26(31)23(7-2)29(14-13-21-11-9-8-10-12-21)24(30)17-32-22-15-18(3)25(27)19(4)16-22/h8-12,15-16,20,23H,6-7,13-14,17H2,1-5H3,(H,28,31)/t20-,23-/m0/s1. The lowest BCUT2D eigenvalue weighted by molar-refractivity contribution is -0.142. The molecule has 2 aromatic rings. The molecule has 174 valence electrons. The second-order valence-corrected chi connectivity index (χ2v) is 9.02. The first-order valence-corrected chi connectivity index (χ1v) is 12.1. The van der Waals surface area contributed by atoms with E-state index in [1.54, 1.807) is 4.90 Å². The van der Waals surface area contributed by atoms with Crippen molar-refractivity contribution in [2.45, 2.75) is 66.0 Å². The van der Waals surface area contributed by atoms with E-state index >= 15 is 0 Å². The van der Waals surface area contributed by atoms with Crippen LogP contribution in [0.15, 0.2) is 46.9 Å². The van der Waals surface area contributed by atoms with Crippen LogP contribution >= 0.6 is 15.9 Å². The molecule has 6 heteroatoms. The molecule has 1 N–H and O–H groups in total. The number of halogens is 1. The molecule has 2 rings (SSSR count). The van der Waals surface area contributed by atoms with Crippen LogP contribution in [0.4, 0.5) is 0 Å². The summed E-state index contributed by atoms with van der Waals surface area (Å²) < 4.78 is 6.89. The van der Waals surface area contributed by atoms with Gasteiger partial charge in [-0.2, -0.15) is 0 Å². The fraction of sp³-hybridized carbons (Fsp3) is 0.462. The second-order valence-electron chi connectivity index (χ2n) is 8.22. The lowest BCUT2D eigenvalue weighted by Gasteiger charge is -2.31. The molecule has 0 saturated heterocycles. The molecule has 2 aromatic carbocycles. The van der Waals surface area contributed by atoms with E-state index in [0.29, 0.717) is 25.1 Å². The molecule has 0 aliphatic heterocycles. The molecule has 0 radical (unpaired) electrons. The van der Waals surface area contributed by atoms with E-state index in [4.69, 9.17) is 4.74 Å². The minimum Gasteiger partial charge on any atom is -0.484 e. The van der Waals surface area contributed by atoms with Gasteiger partial charge in [0, 0.05) is 17.1 Å². The third kappa shape index (κ3) is 7.37. The highest BCUT2D eigenvalue weighted by molar-refractivity contribution is 9.10. The Morgan fingerprint density at radius 2 is 1.69 bits per heavy atom. The molecular formula is C26H35BrN2O3. The molecular weight excluding hydrogens is 468 g/mol. The number of carbonyl (C=O) groups excluding carboxylic acids is 2. The zero-order chi connectivity index (χ0) is 23.7. The number of nitrogens with one attached hydrogen (secondary N) is 1. The first-order chi connectivity index (χ1) is 15.3. The van der Waals surface area contributed by atoms with Gasteiger partial charge in [0.25, 0.3) is 5.91 Å². The van der Waals surface area contributed by atoms with Gasteiger partial charge in [0.15, 0.2) is 6.61 Å². The molecule has 5 nitrogen and oxygen atoms in total. The Bertz CT molecular complexity index is 878. The quantitative estimate of drug-likeness (QED) is 0.458. The summed E-state index contributed by atoms with van der Waals surface area (Å²) >= 11 is 3.55. The maximum atomic E-state index is 13.2. The van der Waals surface area contributed by atoms with E-state index in [1.165, 1.54) is 0 Å². The van der Waals surface area contributed by atoms with Gasteiger partial charge in [0.05, 0.1) is 0 Å². The Morgan fingerprint density at radius 1 is 1.06 bits per heavy atom. The van der Waals surface area contributed by atoms with Crippen LogP contribution in [0.25, 0.3) is 0 Å². The van der Waals surface area contributed by atoms with Crippen LogP contribution in [0.2, 0.25) is 0 Å². The van der Waals surface area contributed by atoms with Crippen molar-refractivity contribution in [3.63, 3.8) is 0 Å². The van der Waals surface area contributed by atoms with E-state index in [1.807, 2.05) is 77.1 Å². The molecule has 0 fully saturated rings. The molecule has 0 heterocycles. The number of amides is 2. The van der Waals surface area contributed by atoms with E-state index in [9.17, 15) is 9.59 Å². The predicted octanol–water partition coefficient (Wildman–Crippen LogP) is 5.21. The average molecular weight is 503 g/mol. The third-order valence-corrected chi connectivity index (χ3v) is 6.89. The van der Waals surface area contributed by atoms with E-state index in [-0.39, 0.29) is 24.5 Å². The van der Waals surface area contributed by atoms with Crippen molar-refractivity contribution in [3.05, 3.63) is 63.6 Å². The lowest BCUT2D eigenvalue weighted by Crippen LogP contribution is -2.52. The van der Waals surface area contributed by atoms with Crippen molar-refractivity contribution in [1.82, 2.24) is 10.2 Å². The van der Waals surface area contributed by atoms with Crippen LogP contribution in [0.3, 0.4) is 0 Å². The van der Waals surface area contributed by atoms with E-state index in [0.717, 1.165) is 27.6 Å². The molecule has 0 aliphatic carbocycles. The highest BCUT2D eigenvalue weighted by Crippen LogP contribution is 2.26. The maximum absolute atomic E-state index is 13.2. The molecule has 32 heavy (non-hydrogen) atoms. The number of hydrogen-bond acceptors (Lipinski definition) is 3. The zero-order valence-electron chi connectivity index (χ0n) is 19.8. The van der Waals surface area contributed by atoms with E-state index in [2.05, 4.69) is 21.2 Å². The van der Waals surface area contributed by atoms with E-state index < -0.39 is 6.04 Å². The Kier molecular flexibility index (Phi) is 10.2. The summed E-state index contributed by atoms with van der Waals surface area (Å²) in [6.45, 7) is 10.3. The molecule has 2 atom stereocenters. The van der Waals surface area contributed by atoms with Gasteiger partial charge in [-0.1, -0.05) is 60.1 Å². The number of carbonyl (C=O) groups is 2. The normalized spacial score (nSPS) is 12.7. The smallest absolute Gasteiger partial charge is 0.261 e. The van der Waals surface area contributed by atoms with Crippen molar-refractivity contribution in [1.29, 1.82) is 0 Å². The van der Waals surface area contributed by atoms with Gasteiger partial charge in [-0.05, 0) is 68.9 Å². The largest absolute Gasteiger partial charge is 0.484 e. The fourth-order valence-electron chi connectivity index (χ4n) is 3.55. The van der Waals surface area contributed by atoms with Gasteiger partial charge in [0.2, 0.25) is 5.91 Å². The van der Waals surface area contributed by atoms with Crippen molar-refractivity contribution >= 4 is 27.7 Å². The van der Waals surface area contributed by atoms with Crippen molar-refractivity contribution in [3.8, 4) is 5.75 Å². The highest BCUT2D eigenvalue weighted by atomic mass is 79.9. The molecule has 0 unspecified atom stereocenters. The summed E-state index contributed by atoms with van der Waals surface area (Å²) in [6, 6.07) is 13.4. The number of ether oxygens (including phenoxy) is 1. The first kappa shape index (κ1) is 25.9. The molecule has 0 spiro atoms. The first-order valence-electron chi connectivity index (χ1n) is 11.3. The number of hydrogen-bond donors (Lipinski definition) is 1. The maximum Gasteiger partial charge on any atom is 0.261 e. The van der Waals surface area contributed by atoms with Crippen LogP contribution in [0, 0.1) is 13.8 Å². The van der Waals surface area contributed by atoms with Crippen LogP contribution < -0.4 is 10.1 Å². The minimum absolute atomic E-state index is 0.0626. The minimum atomic E-state index is -0.530. The third-order valence-electron chi connectivity index (χ3n) is 5.64. The predicted molar refractivity (Wildman–Crippen MR) is 133 cm³/mol. The molecule has 0 aliphatic rings.